The fourth-order valence-corrected chi connectivity index (χ4v) is 6.61. The first-order valence-corrected chi connectivity index (χ1v) is 15.9. The topological polar surface area (TPSA) is 121 Å². The minimum Gasteiger partial charge on any atom is -0.496 e. The van der Waals surface area contributed by atoms with Gasteiger partial charge in [-0.2, -0.15) is 0 Å². The molecule has 7 atom stereocenters. The Bertz CT molecular complexity index is 1250. The fourth-order valence-electron chi connectivity index (χ4n) is 6.61. The summed E-state index contributed by atoms with van der Waals surface area (Å²) in [4.78, 5) is 60.7. The highest BCUT2D eigenvalue weighted by Crippen LogP contribution is 2.33. The van der Waals surface area contributed by atoms with Gasteiger partial charge in [-0.15, -0.1) is 0 Å². The van der Waals surface area contributed by atoms with Crippen molar-refractivity contribution in [2.24, 2.45) is 11.8 Å². The lowest BCUT2D eigenvalue weighted by molar-refractivity contribution is -0.150. The van der Waals surface area contributed by atoms with E-state index in [1.807, 2.05) is 52.8 Å². The van der Waals surface area contributed by atoms with Crippen LogP contribution in [0, 0.1) is 11.8 Å². The molecule has 4 aliphatic heterocycles. The Balaban J connectivity index is 1.71. The smallest absolute Gasteiger partial charge is 0.249 e. The summed E-state index contributed by atoms with van der Waals surface area (Å²) >= 11 is 0. The van der Waals surface area contributed by atoms with Crippen LogP contribution in [0.1, 0.15) is 65.4 Å². The molecule has 4 amide bonds. The summed E-state index contributed by atoms with van der Waals surface area (Å²) in [5.74, 6) is -0.129. The van der Waals surface area contributed by atoms with Crippen molar-refractivity contribution >= 4 is 29.7 Å². The number of likely N-dealkylation sites (tertiary alicyclic amines) is 1. The molecule has 242 valence electrons. The Kier molecular flexibility index (Phi) is 10.9. The number of carbonyl (C=O) groups excluding carboxylic acids is 4. The van der Waals surface area contributed by atoms with Crippen LogP contribution in [0.15, 0.2) is 24.4 Å². The molecule has 2 bridgehead atoms. The maximum atomic E-state index is 14.4. The van der Waals surface area contributed by atoms with Crippen LogP contribution in [-0.4, -0.2) is 103 Å². The maximum absolute atomic E-state index is 14.4. The fraction of sp³-hybridized carbons (Fsp3) is 0.636. The number of nitrogens with zero attached hydrogens (tertiary/aromatic N) is 3. The van der Waals surface area contributed by atoms with Crippen molar-refractivity contribution in [3.8, 4) is 11.5 Å². The second kappa shape index (κ2) is 14.5. The minimum atomic E-state index is -0.956. The molecule has 0 unspecified atom stereocenters. The monoisotopic (exact) mass is 611 g/mol. The molecule has 4 aliphatic rings. The quantitative estimate of drug-likeness (QED) is 0.441. The molecule has 2 saturated heterocycles. The number of carbonyl (C=O) groups is 4. The first-order chi connectivity index (χ1) is 21.0. The highest BCUT2D eigenvalue weighted by molar-refractivity contribution is 5.96. The number of nitrogens with one attached hydrogen (secondary N) is 2. The third-order valence-electron chi connectivity index (χ3n) is 9.48. The van der Waals surface area contributed by atoms with E-state index >= 15 is 0 Å². The van der Waals surface area contributed by atoms with Gasteiger partial charge < -0.3 is 29.9 Å². The number of hydrogen-bond acceptors (Lipinski definition) is 7. The molecule has 2 fully saturated rings. The number of methoxy groups -OCH3 is 1. The van der Waals surface area contributed by atoms with E-state index in [0.717, 1.165) is 12.0 Å². The molecule has 1 aromatic rings. The zero-order valence-corrected chi connectivity index (χ0v) is 27.2. The molecule has 0 aromatic heterocycles. The Hall–Kier alpha value is -3.60. The van der Waals surface area contributed by atoms with E-state index in [1.54, 1.807) is 41.3 Å². The van der Waals surface area contributed by atoms with Crippen LogP contribution in [0.25, 0.3) is 6.08 Å². The summed E-state index contributed by atoms with van der Waals surface area (Å²) < 4.78 is 12.0. The van der Waals surface area contributed by atoms with Crippen molar-refractivity contribution in [1.82, 2.24) is 25.3 Å². The van der Waals surface area contributed by atoms with Gasteiger partial charge in [0.15, 0.2) is 0 Å². The lowest BCUT2D eigenvalue weighted by atomic mass is 9.94. The van der Waals surface area contributed by atoms with Crippen molar-refractivity contribution in [2.45, 2.75) is 90.1 Å². The summed E-state index contributed by atoms with van der Waals surface area (Å²) in [7, 11) is 5.29. The molecule has 0 spiro atoms. The summed E-state index contributed by atoms with van der Waals surface area (Å²) in [6, 6.07) is 2.53. The van der Waals surface area contributed by atoms with Gasteiger partial charge in [-0.25, -0.2) is 0 Å². The molecule has 0 aliphatic carbocycles. The molecule has 4 heterocycles. The van der Waals surface area contributed by atoms with Crippen LogP contribution in [0.2, 0.25) is 0 Å². The summed E-state index contributed by atoms with van der Waals surface area (Å²) in [5, 5.41) is 5.90. The molecule has 1 aromatic carbocycles. The SMILES string of the molecule is CC[C@H](C)[C@H](NC(=O)[C@H]([C@@H](C)CC)N(C)C)C(=O)N1CC[C@H]2Oc3ccc(c(OC)c3)/C=C\NC(=O)[C@@H]3CCCN3C(=O)[C@H]21. The summed E-state index contributed by atoms with van der Waals surface area (Å²) in [6.45, 7) is 8.70. The van der Waals surface area contributed by atoms with E-state index in [1.165, 1.54) is 0 Å². The molecular formula is C33H49N5O6. The third-order valence-corrected chi connectivity index (χ3v) is 9.48. The number of amides is 4. The van der Waals surface area contributed by atoms with Crippen LogP contribution in [0.5, 0.6) is 11.5 Å². The van der Waals surface area contributed by atoms with Crippen molar-refractivity contribution in [3.63, 3.8) is 0 Å². The Labute approximate surface area is 261 Å². The predicted octanol–water partition coefficient (Wildman–Crippen LogP) is 2.64. The summed E-state index contributed by atoms with van der Waals surface area (Å²) in [6.07, 6.45) is 5.76. The highest BCUT2D eigenvalue weighted by Gasteiger charge is 2.50. The molecule has 44 heavy (non-hydrogen) atoms. The van der Waals surface area contributed by atoms with Crippen LogP contribution < -0.4 is 20.1 Å². The molecular weight excluding hydrogens is 562 g/mol. The predicted molar refractivity (Wildman–Crippen MR) is 168 cm³/mol. The lowest BCUT2D eigenvalue weighted by Crippen LogP contribution is -2.61. The van der Waals surface area contributed by atoms with E-state index in [4.69, 9.17) is 9.47 Å². The standard InChI is InChI=1S/C33H49N5O6/c1-8-20(3)27(35-31(40)28(36(5)6)21(4)9-2)32(41)38-18-15-25-29(38)33(42)37-17-10-11-24(37)30(39)34-16-14-22-12-13-23(44-25)19-26(22)43-7/h12-14,16,19-21,24-25,27-29H,8-11,15,17-18H2,1-7H3,(H,34,39)(H,35,40)/b16-14-/t20-,21-,24-,25+,27-,28-,29-/m0/s1. The Morgan fingerprint density at radius 3 is 2.50 bits per heavy atom. The Morgan fingerprint density at radius 1 is 1.11 bits per heavy atom. The normalized spacial score (nSPS) is 25.2. The maximum Gasteiger partial charge on any atom is 0.249 e. The van der Waals surface area contributed by atoms with E-state index in [0.29, 0.717) is 43.7 Å². The van der Waals surface area contributed by atoms with Crippen molar-refractivity contribution < 1.29 is 28.7 Å². The van der Waals surface area contributed by atoms with Crippen molar-refractivity contribution in [3.05, 3.63) is 30.0 Å². The second-order valence-electron chi connectivity index (χ2n) is 12.5. The van der Waals surface area contributed by atoms with Crippen LogP contribution in [0.3, 0.4) is 0 Å². The number of likely N-dealkylation sites (N-methyl/N-ethyl adjacent to an activating group) is 1. The largest absolute Gasteiger partial charge is 0.496 e. The number of ether oxygens (including phenoxy) is 2. The molecule has 11 heteroatoms. The van der Waals surface area contributed by atoms with Crippen LogP contribution >= 0.6 is 0 Å². The van der Waals surface area contributed by atoms with Gasteiger partial charge >= 0.3 is 0 Å². The Morgan fingerprint density at radius 2 is 1.84 bits per heavy atom. The number of benzene rings is 1. The van der Waals surface area contributed by atoms with E-state index < -0.39 is 30.3 Å². The molecule has 11 nitrogen and oxygen atoms in total. The van der Waals surface area contributed by atoms with Gasteiger partial charge in [0.2, 0.25) is 23.6 Å². The third kappa shape index (κ3) is 6.87. The number of fused-ring (bicyclic) bond motifs is 4. The van der Waals surface area contributed by atoms with Gasteiger partial charge in [-0.1, -0.05) is 40.5 Å². The minimum absolute atomic E-state index is 0.0832. The highest BCUT2D eigenvalue weighted by atomic mass is 16.5. The molecule has 0 radical (unpaired) electrons. The second-order valence-corrected chi connectivity index (χ2v) is 12.5. The zero-order chi connectivity index (χ0) is 32.1. The van der Waals surface area contributed by atoms with E-state index in [9.17, 15) is 19.2 Å². The summed E-state index contributed by atoms with van der Waals surface area (Å²) in [5.41, 5.74) is 0.761. The van der Waals surface area contributed by atoms with Gasteiger partial charge in [0, 0.05) is 37.3 Å². The lowest BCUT2D eigenvalue weighted by Gasteiger charge is -2.37. The van der Waals surface area contributed by atoms with Gasteiger partial charge in [0.25, 0.3) is 0 Å². The van der Waals surface area contributed by atoms with Gasteiger partial charge in [0.1, 0.15) is 35.7 Å². The molecule has 5 rings (SSSR count). The first kappa shape index (κ1) is 33.3. The van der Waals surface area contributed by atoms with E-state index in [2.05, 4.69) is 10.6 Å². The van der Waals surface area contributed by atoms with Gasteiger partial charge in [0.05, 0.1) is 13.2 Å². The van der Waals surface area contributed by atoms with Crippen molar-refractivity contribution in [1.29, 1.82) is 0 Å². The van der Waals surface area contributed by atoms with Crippen LogP contribution in [-0.2, 0) is 19.2 Å². The van der Waals surface area contributed by atoms with Gasteiger partial charge in [-0.3, -0.25) is 24.1 Å². The zero-order valence-electron chi connectivity index (χ0n) is 27.2. The van der Waals surface area contributed by atoms with Crippen molar-refractivity contribution in [2.75, 3.05) is 34.3 Å². The first-order valence-electron chi connectivity index (χ1n) is 15.9. The van der Waals surface area contributed by atoms with E-state index in [-0.39, 0.29) is 42.0 Å². The molecule has 0 saturated carbocycles. The average molecular weight is 612 g/mol. The molecule has 2 N–H and O–H groups in total. The number of rotatable bonds is 9. The average Bonchev–Trinajstić information content (AvgIpc) is 3.66. The van der Waals surface area contributed by atoms with Gasteiger partial charge in [-0.05, 0) is 57.0 Å². The number of hydrogen-bond donors (Lipinski definition) is 2. The van der Waals surface area contributed by atoms with Crippen LogP contribution in [0.4, 0.5) is 0 Å².